The number of carbonyl (C=O) groups excluding carboxylic acids is 1. The normalized spacial score (nSPS) is 21.8. The molecule has 7 heteroatoms. The third-order valence-electron chi connectivity index (χ3n) is 5.53. The molecule has 2 N–H and O–H groups in total. The second-order valence-electron chi connectivity index (χ2n) is 7.77. The van der Waals surface area contributed by atoms with Gasteiger partial charge in [0.2, 0.25) is 0 Å². The topological polar surface area (TPSA) is 69.2 Å². The zero-order valence-electron chi connectivity index (χ0n) is 16.4. The highest BCUT2D eigenvalue weighted by atomic mass is 16.6. The van der Waals surface area contributed by atoms with E-state index in [1.807, 2.05) is 14.0 Å². The van der Waals surface area contributed by atoms with Crippen LogP contribution in [0.5, 0.6) is 0 Å². The van der Waals surface area contributed by atoms with E-state index in [1.165, 1.54) is 32.2 Å². The Kier molecular flexibility index (Phi) is 7.00. The van der Waals surface area contributed by atoms with Gasteiger partial charge >= 0.3 is 6.09 Å². The minimum Gasteiger partial charge on any atom is -0.450 e. The van der Waals surface area contributed by atoms with E-state index < -0.39 is 0 Å². The number of guanidine groups is 1. The molecule has 0 aromatic rings. The van der Waals surface area contributed by atoms with E-state index in [0.29, 0.717) is 12.6 Å². The number of aliphatic imine (C=N–C) groups is 1. The largest absolute Gasteiger partial charge is 0.450 e. The van der Waals surface area contributed by atoms with E-state index in [4.69, 9.17) is 4.74 Å². The molecular weight excluding hydrogens is 330 g/mol. The van der Waals surface area contributed by atoms with E-state index >= 15 is 0 Å². The van der Waals surface area contributed by atoms with Crippen molar-refractivity contribution in [1.82, 2.24) is 20.4 Å². The van der Waals surface area contributed by atoms with Gasteiger partial charge in [-0.05, 0) is 51.4 Å². The summed E-state index contributed by atoms with van der Waals surface area (Å²) in [6.07, 6.45) is 7.25. The maximum absolute atomic E-state index is 11.8. The Morgan fingerprint density at radius 3 is 2.50 bits per heavy atom. The quantitative estimate of drug-likeness (QED) is 0.506. The van der Waals surface area contributed by atoms with Crippen molar-refractivity contribution in [2.24, 2.45) is 10.9 Å². The summed E-state index contributed by atoms with van der Waals surface area (Å²) in [6.45, 7) is 7.08. The lowest BCUT2D eigenvalue weighted by Gasteiger charge is -2.32. The number of hydrogen-bond donors (Lipinski definition) is 2. The smallest absolute Gasteiger partial charge is 0.409 e. The molecule has 0 aromatic heterocycles. The van der Waals surface area contributed by atoms with Crippen LogP contribution in [0.3, 0.4) is 0 Å². The number of rotatable bonds is 8. The highest BCUT2D eigenvalue weighted by molar-refractivity contribution is 5.80. The van der Waals surface area contributed by atoms with Gasteiger partial charge in [0.15, 0.2) is 5.96 Å². The Bertz CT molecular complexity index is 482. The summed E-state index contributed by atoms with van der Waals surface area (Å²) in [5.74, 6) is 1.83. The summed E-state index contributed by atoms with van der Waals surface area (Å²) in [5.41, 5.74) is 0. The van der Waals surface area contributed by atoms with Crippen LogP contribution in [0, 0.1) is 5.92 Å². The van der Waals surface area contributed by atoms with Crippen LogP contribution in [0.2, 0.25) is 0 Å². The Labute approximate surface area is 157 Å². The van der Waals surface area contributed by atoms with Gasteiger partial charge in [-0.25, -0.2) is 4.79 Å². The maximum Gasteiger partial charge on any atom is 0.409 e. The predicted octanol–water partition coefficient (Wildman–Crippen LogP) is 1.65. The molecular formula is C19H35N5O2. The van der Waals surface area contributed by atoms with Crippen LogP contribution in [-0.4, -0.2) is 80.3 Å². The van der Waals surface area contributed by atoms with E-state index in [2.05, 4.69) is 20.5 Å². The van der Waals surface area contributed by atoms with Crippen LogP contribution in [0.15, 0.2) is 4.99 Å². The zero-order chi connectivity index (χ0) is 18.4. The van der Waals surface area contributed by atoms with Crippen molar-refractivity contribution in [2.75, 3.05) is 46.4 Å². The summed E-state index contributed by atoms with van der Waals surface area (Å²) in [5, 5.41) is 6.98. The summed E-state index contributed by atoms with van der Waals surface area (Å²) >= 11 is 0. The Balaban J connectivity index is 1.33. The van der Waals surface area contributed by atoms with Crippen LogP contribution >= 0.6 is 0 Å². The van der Waals surface area contributed by atoms with Crippen molar-refractivity contribution >= 4 is 12.1 Å². The second-order valence-corrected chi connectivity index (χ2v) is 7.77. The molecule has 3 aliphatic rings. The Hall–Kier alpha value is -1.50. The number of carbonyl (C=O) groups is 1. The number of ether oxygens (including phenoxy) is 1. The van der Waals surface area contributed by atoms with Crippen molar-refractivity contribution in [3.63, 3.8) is 0 Å². The standard InChI is InChI=1S/C19H35N5O2/c1-3-26-19(25)23-11-8-16(9-12-23)22-18(20-2)21-10-13-24(17-6-7-17)14-15-4-5-15/h15-17H,3-14H2,1-2H3,(H2,20,21,22). The van der Waals surface area contributed by atoms with Crippen molar-refractivity contribution in [2.45, 2.75) is 57.5 Å². The number of nitrogens with zero attached hydrogens (tertiary/aromatic N) is 3. The molecule has 26 heavy (non-hydrogen) atoms. The summed E-state index contributed by atoms with van der Waals surface area (Å²) in [6, 6.07) is 1.19. The van der Waals surface area contributed by atoms with Crippen LogP contribution in [0.1, 0.15) is 45.4 Å². The fourth-order valence-corrected chi connectivity index (χ4v) is 3.62. The van der Waals surface area contributed by atoms with Gasteiger partial charge in [0, 0.05) is 51.9 Å². The average molecular weight is 366 g/mol. The number of nitrogens with one attached hydrogen (secondary N) is 2. The molecule has 3 rings (SSSR count). The minimum atomic E-state index is -0.190. The molecule has 0 spiro atoms. The first-order valence-corrected chi connectivity index (χ1v) is 10.3. The first kappa shape index (κ1) is 19.3. The van der Waals surface area contributed by atoms with Crippen molar-refractivity contribution in [3.8, 4) is 0 Å². The van der Waals surface area contributed by atoms with E-state index in [9.17, 15) is 4.79 Å². The fraction of sp³-hybridized carbons (Fsp3) is 0.895. The van der Waals surface area contributed by atoms with Crippen molar-refractivity contribution in [1.29, 1.82) is 0 Å². The van der Waals surface area contributed by atoms with Gasteiger partial charge in [-0.2, -0.15) is 0 Å². The SMILES string of the molecule is CCOC(=O)N1CCC(NC(=NC)NCCN(CC2CC2)C2CC2)CC1. The number of amides is 1. The number of hydrogen-bond acceptors (Lipinski definition) is 4. The van der Waals surface area contributed by atoms with E-state index in [1.54, 1.807) is 4.90 Å². The highest BCUT2D eigenvalue weighted by Crippen LogP contribution is 2.34. The molecule has 0 atom stereocenters. The summed E-state index contributed by atoms with van der Waals surface area (Å²) < 4.78 is 5.08. The average Bonchev–Trinajstić information content (AvgIpc) is 3.54. The van der Waals surface area contributed by atoms with Gasteiger partial charge in [-0.15, -0.1) is 0 Å². The first-order chi connectivity index (χ1) is 12.7. The second kappa shape index (κ2) is 9.44. The lowest BCUT2D eigenvalue weighted by Crippen LogP contribution is -2.50. The lowest BCUT2D eigenvalue weighted by molar-refractivity contribution is 0.0963. The van der Waals surface area contributed by atoms with Gasteiger partial charge in [-0.1, -0.05) is 0 Å². The van der Waals surface area contributed by atoms with Gasteiger partial charge in [-0.3, -0.25) is 9.89 Å². The third kappa shape index (κ3) is 6.04. The molecule has 0 radical (unpaired) electrons. The maximum atomic E-state index is 11.8. The molecule has 0 unspecified atom stereocenters. The summed E-state index contributed by atoms with van der Waals surface area (Å²) in [7, 11) is 1.83. The zero-order valence-corrected chi connectivity index (χ0v) is 16.4. The Morgan fingerprint density at radius 2 is 1.92 bits per heavy atom. The van der Waals surface area contributed by atoms with Gasteiger partial charge in [0.25, 0.3) is 0 Å². The monoisotopic (exact) mass is 365 g/mol. The van der Waals surface area contributed by atoms with Crippen LogP contribution < -0.4 is 10.6 Å². The molecule has 3 fully saturated rings. The molecule has 1 aliphatic heterocycles. The molecule has 2 saturated carbocycles. The first-order valence-electron chi connectivity index (χ1n) is 10.3. The molecule has 1 heterocycles. The van der Waals surface area contributed by atoms with E-state index in [0.717, 1.165) is 56.9 Å². The lowest BCUT2D eigenvalue weighted by atomic mass is 10.1. The molecule has 1 amide bonds. The number of likely N-dealkylation sites (tertiary alicyclic amines) is 1. The molecule has 2 aliphatic carbocycles. The van der Waals surface area contributed by atoms with E-state index in [-0.39, 0.29) is 6.09 Å². The van der Waals surface area contributed by atoms with Crippen LogP contribution in [0.4, 0.5) is 4.79 Å². The van der Waals surface area contributed by atoms with Crippen molar-refractivity contribution < 1.29 is 9.53 Å². The molecule has 1 saturated heterocycles. The van der Waals surface area contributed by atoms with Gasteiger partial charge < -0.3 is 20.3 Å². The highest BCUT2D eigenvalue weighted by Gasteiger charge is 2.33. The summed E-state index contributed by atoms with van der Waals surface area (Å²) in [4.78, 5) is 20.6. The molecule has 0 aromatic carbocycles. The Morgan fingerprint density at radius 1 is 1.19 bits per heavy atom. The van der Waals surface area contributed by atoms with Gasteiger partial charge in [0.1, 0.15) is 0 Å². The number of piperidine rings is 1. The fourth-order valence-electron chi connectivity index (χ4n) is 3.62. The van der Waals surface area contributed by atoms with Crippen LogP contribution in [0.25, 0.3) is 0 Å². The van der Waals surface area contributed by atoms with Gasteiger partial charge in [0.05, 0.1) is 6.61 Å². The molecule has 148 valence electrons. The van der Waals surface area contributed by atoms with Crippen molar-refractivity contribution in [3.05, 3.63) is 0 Å². The molecule has 0 bridgehead atoms. The third-order valence-corrected chi connectivity index (χ3v) is 5.53. The van der Waals surface area contributed by atoms with Crippen LogP contribution in [-0.2, 0) is 4.74 Å². The predicted molar refractivity (Wildman–Crippen MR) is 103 cm³/mol. The molecule has 7 nitrogen and oxygen atoms in total. The minimum absolute atomic E-state index is 0.190.